The first kappa shape index (κ1) is 31.1. The molecular weight excluding hydrogens is 709 g/mol. The van der Waals surface area contributed by atoms with Crippen molar-refractivity contribution >= 4 is 103 Å². The van der Waals surface area contributed by atoms with E-state index in [2.05, 4.69) is 204 Å². The van der Waals surface area contributed by atoms with Crippen LogP contribution in [0.3, 0.4) is 0 Å². The Balaban J connectivity index is 1.05. The maximum atomic E-state index is 2.51. The molecular formula is C54H32N2S. The van der Waals surface area contributed by atoms with Crippen LogP contribution in [0.1, 0.15) is 0 Å². The highest BCUT2D eigenvalue weighted by Gasteiger charge is 2.26. The van der Waals surface area contributed by atoms with E-state index in [1.165, 1.54) is 96.5 Å². The minimum atomic E-state index is 1.11. The van der Waals surface area contributed by atoms with Crippen molar-refractivity contribution in [1.29, 1.82) is 0 Å². The average molecular weight is 741 g/mol. The van der Waals surface area contributed by atoms with Gasteiger partial charge in [0.2, 0.25) is 0 Å². The van der Waals surface area contributed by atoms with Crippen molar-refractivity contribution < 1.29 is 0 Å². The number of rotatable bonds is 4. The van der Waals surface area contributed by atoms with Gasteiger partial charge in [-0.15, -0.1) is 11.3 Å². The van der Waals surface area contributed by atoms with Crippen LogP contribution in [-0.4, -0.2) is 4.57 Å². The number of anilines is 3. The highest BCUT2D eigenvalue weighted by Crippen LogP contribution is 2.51. The van der Waals surface area contributed by atoms with Gasteiger partial charge in [-0.3, -0.25) is 0 Å². The number of fused-ring (bicyclic) bond motifs is 12. The van der Waals surface area contributed by atoms with Gasteiger partial charge in [0.15, 0.2) is 0 Å². The first-order chi connectivity index (χ1) is 28.2. The zero-order chi connectivity index (χ0) is 37.2. The SMILES string of the molecule is c1ccc2c(c1)-c1cccc3c1c-2cc1c2cc4ccccc4cc2n(-c2ccc(N(c4ccc5ccccc5c4)c4ccc5sc6ccccc6c5c4)cc2)c31. The highest BCUT2D eigenvalue weighted by molar-refractivity contribution is 7.25. The Morgan fingerprint density at radius 1 is 0.351 bits per heavy atom. The van der Waals surface area contributed by atoms with E-state index in [1.807, 2.05) is 11.3 Å². The number of hydrogen-bond acceptors (Lipinski definition) is 2. The molecule has 0 fully saturated rings. The fourth-order valence-electron chi connectivity index (χ4n) is 9.69. The molecule has 12 aromatic rings. The van der Waals surface area contributed by atoms with Crippen LogP contribution in [0.15, 0.2) is 194 Å². The van der Waals surface area contributed by atoms with Crippen LogP contribution in [0, 0.1) is 0 Å². The van der Waals surface area contributed by atoms with Crippen LogP contribution < -0.4 is 4.90 Å². The lowest BCUT2D eigenvalue weighted by Crippen LogP contribution is -2.10. The van der Waals surface area contributed by atoms with Crippen molar-refractivity contribution in [1.82, 2.24) is 4.57 Å². The molecule has 0 aliphatic heterocycles. The van der Waals surface area contributed by atoms with Crippen molar-refractivity contribution in [2.45, 2.75) is 0 Å². The van der Waals surface area contributed by atoms with Crippen LogP contribution in [-0.2, 0) is 0 Å². The number of hydrogen-bond donors (Lipinski definition) is 0. The molecule has 0 N–H and O–H groups in total. The Morgan fingerprint density at radius 2 is 0.965 bits per heavy atom. The summed E-state index contributed by atoms with van der Waals surface area (Å²) in [5.74, 6) is 0. The predicted octanol–water partition coefficient (Wildman–Crippen LogP) is 15.7. The fraction of sp³-hybridized carbons (Fsp3) is 0. The maximum Gasteiger partial charge on any atom is 0.0620 e. The summed E-state index contributed by atoms with van der Waals surface area (Å²) in [5.41, 5.74) is 12.3. The quantitative estimate of drug-likeness (QED) is 0.174. The van der Waals surface area contributed by atoms with Gasteiger partial charge in [0.25, 0.3) is 0 Å². The zero-order valence-electron chi connectivity index (χ0n) is 30.8. The molecule has 0 radical (unpaired) electrons. The molecule has 0 bridgehead atoms. The first-order valence-electron chi connectivity index (χ1n) is 19.6. The summed E-state index contributed by atoms with van der Waals surface area (Å²) in [4.78, 5) is 2.41. The van der Waals surface area contributed by atoms with Gasteiger partial charge < -0.3 is 9.47 Å². The van der Waals surface area contributed by atoms with Gasteiger partial charge in [0, 0.05) is 59.1 Å². The van der Waals surface area contributed by atoms with Gasteiger partial charge in [-0.1, -0.05) is 115 Å². The summed E-state index contributed by atoms with van der Waals surface area (Å²) >= 11 is 1.86. The molecule has 10 aromatic carbocycles. The van der Waals surface area contributed by atoms with E-state index >= 15 is 0 Å². The monoisotopic (exact) mass is 740 g/mol. The largest absolute Gasteiger partial charge is 0.310 e. The van der Waals surface area contributed by atoms with E-state index in [0.29, 0.717) is 0 Å². The summed E-state index contributed by atoms with van der Waals surface area (Å²) in [7, 11) is 0. The fourth-order valence-corrected chi connectivity index (χ4v) is 10.8. The Morgan fingerprint density at radius 3 is 1.81 bits per heavy atom. The average Bonchev–Trinajstić information content (AvgIpc) is 3.91. The van der Waals surface area contributed by atoms with Crippen LogP contribution >= 0.6 is 11.3 Å². The summed E-state index contributed by atoms with van der Waals surface area (Å²) in [5, 5.41) is 12.7. The van der Waals surface area contributed by atoms with E-state index in [4.69, 9.17) is 0 Å². The lowest BCUT2D eigenvalue weighted by Gasteiger charge is -2.26. The summed E-state index contributed by atoms with van der Waals surface area (Å²) in [6.07, 6.45) is 0. The van der Waals surface area contributed by atoms with E-state index in [9.17, 15) is 0 Å². The molecule has 2 nitrogen and oxygen atoms in total. The molecule has 0 spiro atoms. The van der Waals surface area contributed by atoms with Gasteiger partial charge in [-0.2, -0.15) is 0 Å². The Bertz CT molecular complexity index is 3640. The van der Waals surface area contributed by atoms with Crippen molar-refractivity contribution in [3.05, 3.63) is 194 Å². The molecule has 3 heteroatoms. The molecule has 2 heterocycles. The van der Waals surface area contributed by atoms with Crippen molar-refractivity contribution in [3.63, 3.8) is 0 Å². The maximum absolute atomic E-state index is 2.51. The van der Waals surface area contributed by atoms with Gasteiger partial charge in [-0.05, 0) is 128 Å². The number of benzene rings is 10. The van der Waals surface area contributed by atoms with Crippen LogP contribution in [0.25, 0.3) is 102 Å². The number of aromatic nitrogens is 1. The summed E-state index contributed by atoms with van der Waals surface area (Å²) < 4.78 is 5.13. The minimum absolute atomic E-state index is 1.11. The molecule has 0 unspecified atom stereocenters. The molecule has 13 rings (SSSR count). The molecule has 0 amide bonds. The smallest absolute Gasteiger partial charge is 0.0620 e. The van der Waals surface area contributed by atoms with Crippen molar-refractivity contribution in [2.24, 2.45) is 0 Å². The van der Waals surface area contributed by atoms with Gasteiger partial charge in [0.1, 0.15) is 0 Å². The van der Waals surface area contributed by atoms with Gasteiger partial charge >= 0.3 is 0 Å². The number of thiophene rings is 1. The molecule has 2 aromatic heterocycles. The van der Waals surface area contributed by atoms with Crippen LogP contribution in [0.5, 0.6) is 0 Å². The van der Waals surface area contributed by atoms with Crippen LogP contribution in [0.4, 0.5) is 17.1 Å². The Kier molecular flexibility index (Phi) is 6.35. The van der Waals surface area contributed by atoms with E-state index in [0.717, 1.165) is 22.7 Å². The zero-order valence-corrected chi connectivity index (χ0v) is 31.6. The summed E-state index contributed by atoms with van der Waals surface area (Å²) in [6, 6.07) is 72.1. The Hall–Kier alpha value is -7.20. The molecule has 1 aliphatic rings. The van der Waals surface area contributed by atoms with E-state index < -0.39 is 0 Å². The second-order valence-electron chi connectivity index (χ2n) is 15.3. The third kappa shape index (κ3) is 4.46. The molecule has 264 valence electrons. The third-order valence-electron chi connectivity index (χ3n) is 12.2. The number of nitrogens with zero attached hydrogens (tertiary/aromatic N) is 2. The van der Waals surface area contributed by atoms with Gasteiger partial charge in [0.05, 0.1) is 11.0 Å². The lowest BCUT2D eigenvalue weighted by molar-refractivity contribution is 1.18. The Labute approximate surface area is 332 Å². The molecule has 1 aliphatic carbocycles. The predicted molar refractivity (Wildman–Crippen MR) is 245 cm³/mol. The normalized spacial score (nSPS) is 12.2. The second-order valence-corrected chi connectivity index (χ2v) is 16.4. The molecule has 0 saturated carbocycles. The van der Waals surface area contributed by atoms with E-state index in [1.54, 1.807) is 0 Å². The van der Waals surface area contributed by atoms with Crippen molar-refractivity contribution in [2.75, 3.05) is 4.90 Å². The standard InChI is InChI=1S/C54H32N2S/c1-2-11-34-28-39(21-20-33(34)10-1)55(40-26-27-52-47(31-40)43-16-7-8-19-51(43)57-52)37-22-24-38(25-23-37)56-50-30-36-13-4-3-12-35(36)29-46(50)49-32-48-42-15-6-5-14-41(42)44-17-9-18-45(53(44)48)54(49)56/h1-32H. The molecule has 0 saturated heterocycles. The van der Waals surface area contributed by atoms with Crippen molar-refractivity contribution in [3.8, 4) is 27.9 Å². The second kappa shape index (κ2) is 11.7. The minimum Gasteiger partial charge on any atom is -0.310 e. The van der Waals surface area contributed by atoms with Gasteiger partial charge in [-0.25, -0.2) is 0 Å². The highest BCUT2D eigenvalue weighted by atomic mass is 32.1. The summed E-state index contributed by atoms with van der Waals surface area (Å²) in [6.45, 7) is 0. The van der Waals surface area contributed by atoms with Crippen LogP contribution in [0.2, 0.25) is 0 Å². The molecule has 57 heavy (non-hydrogen) atoms. The van der Waals surface area contributed by atoms with E-state index in [-0.39, 0.29) is 0 Å². The first-order valence-corrected chi connectivity index (χ1v) is 20.4. The third-order valence-corrected chi connectivity index (χ3v) is 13.4. The lowest BCUT2D eigenvalue weighted by atomic mass is 9.98. The topological polar surface area (TPSA) is 8.17 Å². The molecule has 0 atom stereocenters.